The maximum absolute atomic E-state index is 13.3. The maximum atomic E-state index is 13.3. The number of nitrogens with zero attached hydrogens (tertiary/aromatic N) is 2. The molecule has 1 radical (unpaired) electrons. The minimum absolute atomic E-state index is 0.237. The molecule has 103 valence electrons. The molecular weight excluding hydrogens is 265 g/mol. The Bertz CT molecular complexity index is 343. The summed E-state index contributed by atoms with van der Waals surface area (Å²) in [5.41, 5.74) is -1.66. The average molecular weight is 281 g/mol. The van der Waals surface area contributed by atoms with Crippen molar-refractivity contribution >= 4 is 16.8 Å². The molecule has 0 N–H and O–H groups in total. The van der Waals surface area contributed by atoms with Crippen LogP contribution in [0.15, 0.2) is 5.10 Å². The van der Waals surface area contributed by atoms with E-state index in [4.69, 9.17) is 4.74 Å². The van der Waals surface area contributed by atoms with Gasteiger partial charge in [0.15, 0.2) is 10.8 Å². The highest BCUT2D eigenvalue weighted by Gasteiger charge is 2.63. The Hall–Kier alpha value is -0.430. The van der Waals surface area contributed by atoms with E-state index in [0.29, 0.717) is 12.8 Å². The number of thioether (sulfide) groups is 1. The first kappa shape index (κ1) is 14.0. The van der Waals surface area contributed by atoms with Gasteiger partial charge in [-0.25, -0.2) is 8.78 Å². The Morgan fingerprint density at radius 3 is 2.61 bits per heavy atom. The third kappa shape index (κ3) is 1.91. The Morgan fingerprint density at radius 1 is 1.61 bits per heavy atom. The lowest BCUT2D eigenvalue weighted by atomic mass is 9.90. The van der Waals surface area contributed by atoms with Gasteiger partial charge in [0.1, 0.15) is 0 Å². The molecule has 2 aliphatic rings. The summed E-state index contributed by atoms with van der Waals surface area (Å²) >= 11 is 0.966. The molecule has 2 rings (SSSR count). The molecular formula is C11H16F3N2OS. The van der Waals surface area contributed by atoms with Crippen molar-refractivity contribution in [3.8, 4) is 0 Å². The number of halogens is 3. The minimum atomic E-state index is -2.60. The van der Waals surface area contributed by atoms with Crippen LogP contribution in [0.4, 0.5) is 13.2 Å². The zero-order chi connectivity index (χ0) is 13.4. The monoisotopic (exact) mass is 281 g/mol. The van der Waals surface area contributed by atoms with Crippen molar-refractivity contribution in [1.82, 2.24) is 5.01 Å². The number of alkyl halides is 3. The third-order valence-corrected chi connectivity index (χ3v) is 4.70. The van der Waals surface area contributed by atoms with Crippen molar-refractivity contribution in [2.45, 2.75) is 31.4 Å². The summed E-state index contributed by atoms with van der Waals surface area (Å²) in [7, 11) is 1.46. The summed E-state index contributed by atoms with van der Waals surface area (Å²) in [6, 6.07) is 0. The first-order chi connectivity index (χ1) is 8.55. The van der Waals surface area contributed by atoms with E-state index in [2.05, 4.69) is 12.0 Å². The second kappa shape index (κ2) is 4.92. The molecule has 0 spiro atoms. The van der Waals surface area contributed by atoms with E-state index in [1.807, 2.05) is 0 Å². The van der Waals surface area contributed by atoms with E-state index in [-0.39, 0.29) is 17.3 Å². The highest BCUT2D eigenvalue weighted by Crippen LogP contribution is 2.59. The highest BCUT2D eigenvalue weighted by molar-refractivity contribution is 8.14. The van der Waals surface area contributed by atoms with E-state index >= 15 is 0 Å². The van der Waals surface area contributed by atoms with Gasteiger partial charge >= 0.3 is 0 Å². The molecule has 3 nitrogen and oxygen atoms in total. The fraction of sp³-hybridized carbons (Fsp3) is 0.818. The van der Waals surface area contributed by atoms with Crippen molar-refractivity contribution in [2.24, 2.45) is 10.5 Å². The molecule has 18 heavy (non-hydrogen) atoms. The fourth-order valence-electron chi connectivity index (χ4n) is 2.47. The summed E-state index contributed by atoms with van der Waals surface area (Å²) in [5, 5.41) is 5.09. The minimum Gasteiger partial charge on any atom is -0.357 e. The van der Waals surface area contributed by atoms with Gasteiger partial charge in [-0.1, -0.05) is 11.8 Å². The van der Waals surface area contributed by atoms with Crippen molar-refractivity contribution in [2.75, 3.05) is 19.7 Å². The topological polar surface area (TPSA) is 24.8 Å². The van der Waals surface area contributed by atoms with Crippen LogP contribution in [0.25, 0.3) is 0 Å². The third-order valence-electron chi connectivity index (χ3n) is 3.77. The molecule has 0 aromatic rings. The van der Waals surface area contributed by atoms with Crippen LogP contribution in [0.3, 0.4) is 0 Å². The van der Waals surface area contributed by atoms with Gasteiger partial charge < -0.3 is 4.74 Å². The SMILES string of the molecule is [CH2]CC(OC)(N1CSC(C(F)F)=N1)C1(CF)CC1. The van der Waals surface area contributed by atoms with E-state index in [9.17, 15) is 13.2 Å². The lowest BCUT2D eigenvalue weighted by molar-refractivity contribution is -0.179. The van der Waals surface area contributed by atoms with Crippen LogP contribution in [0, 0.1) is 12.3 Å². The zero-order valence-electron chi connectivity index (χ0n) is 10.2. The van der Waals surface area contributed by atoms with Crippen molar-refractivity contribution in [1.29, 1.82) is 0 Å². The number of hydrogen-bond donors (Lipinski definition) is 0. The molecule has 0 saturated heterocycles. The second-order valence-corrected chi connectivity index (χ2v) is 5.53. The standard InChI is InChI=1S/C11H16F3N2OS/c1-3-11(17-2,10(6-12)4-5-10)16-7-18-9(15-16)8(13)14/h8H,1,3-7H2,2H3. The predicted molar refractivity (Wildman–Crippen MR) is 65.1 cm³/mol. The first-order valence-electron chi connectivity index (χ1n) is 5.73. The summed E-state index contributed by atoms with van der Waals surface area (Å²) in [4.78, 5) is 0. The number of ether oxygens (including phenoxy) is 1. The molecule has 1 saturated carbocycles. The Balaban J connectivity index is 2.27. The molecule has 1 unspecified atom stereocenters. The van der Waals surface area contributed by atoms with Crippen LogP contribution in [0.2, 0.25) is 0 Å². The summed E-state index contributed by atoms with van der Waals surface area (Å²) in [6.45, 7) is 3.25. The highest BCUT2D eigenvalue weighted by atomic mass is 32.2. The van der Waals surface area contributed by atoms with Crippen LogP contribution < -0.4 is 0 Å². The Morgan fingerprint density at radius 2 is 2.28 bits per heavy atom. The molecule has 1 atom stereocenters. The summed E-state index contributed by atoms with van der Waals surface area (Å²) < 4.78 is 43.9. The Kier molecular flexibility index (Phi) is 3.82. The van der Waals surface area contributed by atoms with E-state index < -0.39 is 24.2 Å². The molecule has 7 heteroatoms. The molecule has 0 bridgehead atoms. The molecule has 1 aliphatic heterocycles. The van der Waals surface area contributed by atoms with Crippen LogP contribution in [-0.2, 0) is 4.74 Å². The van der Waals surface area contributed by atoms with E-state index in [1.165, 1.54) is 12.1 Å². The van der Waals surface area contributed by atoms with Gasteiger partial charge in [-0.2, -0.15) is 5.10 Å². The molecule has 1 fully saturated rings. The van der Waals surface area contributed by atoms with Crippen molar-refractivity contribution in [3.63, 3.8) is 0 Å². The van der Waals surface area contributed by atoms with Gasteiger partial charge in [-0.3, -0.25) is 9.40 Å². The normalized spacial score (nSPS) is 25.2. The van der Waals surface area contributed by atoms with Crippen LogP contribution >= 0.6 is 11.8 Å². The summed E-state index contributed by atoms with van der Waals surface area (Å²) in [5.74, 6) is 0.255. The van der Waals surface area contributed by atoms with Crippen LogP contribution in [0.5, 0.6) is 0 Å². The van der Waals surface area contributed by atoms with Gasteiger partial charge in [0.05, 0.1) is 12.6 Å². The molecule has 0 amide bonds. The molecule has 0 aromatic carbocycles. The van der Waals surface area contributed by atoms with Gasteiger partial charge in [0, 0.05) is 12.5 Å². The quantitative estimate of drug-likeness (QED) is 0.748. The predicted octanol–water partition coefficient (Wildman–Crippen LogP) is 2.89. The molecule has 1 heterocycles. The largest absolute Gasteiger partial charge is 0.357 e. The van der Waals surface area contributed by atoms with Crippen molar-refractivity contribution < 1.29 is 17.9 Å². The molecule has 1 aliphatic carbocycles. The number of hydrogen-bond acceptors (Lipinski definition) is 4. The van der Waals surface area contributed by atoms with E-state index in [0.717, 1.165) is 11.8 Å². The van der Waals surface area contributed by atoms with Gasteiger partial charge in [0.2, 0.25) is 0 Å². The second-order valence-electron chi connectivity index (χ2n) is 4.56. The van der Waals surface area contributed by atoms with Gasteiger partial charge in [-0.15, -0.1) is 0 Å². The molecule has 0 aromatic heterocycles. The fourth-order valence-corrected chi connectivity index (χ4v) is 3.27. The smallest absolute Gasteiger partial charge is 0.288 e. The van der Waals surface area contributed by atoms with Crippen molar-refractivity contribution in [3.05, 3.63) is 6.92 Å². The number of hydrazone groups is 1. The van der Waals surface area contributed by atoms with Crippen LogP contribution in [0.1, 0.15) is 19.3 Å². The first-order valence-corrected chi connectivity index (χ1v) is 6.71. The lowest BCUT2D eigenvalue weighted by Gasteiger charge is -2.43. The number of rotatable bonds is 6. The number of methoxy groups -OCH3 is 1. The lowest BCUT2D eigenvalue weighted by Crippen LogP contribution is -2.54. The van der Waals surface area contributed by atoms with Crippen LogP contribution in [-0.4, -0.2) is 41.9 Å². The zero-order valence-corrected chi connectivity index (χ0v) is 11.0. The van der Waals surface area contributed by atoms with E-state index in [1.54, 1.807) is 0 Å². The average Bonchev–Trinajstić information content (AvgIpc) is 3.01. The maximum Gasteiger partial charge on any atom is 0.288 e. The van der Waals surface area contributed by atoms with Gasteiger partial charge in [0.25, 0.3) is 6.43 Å². The van der Waals surface area contributed by atoms with Gasteiger partial charge in [-0.05, 0) is 26.2 Å². The Labute approximate surface area is 109 Å². The summed E-state index contributed by atoms with van der Waals surface area (Å²) in [6.07, 6.45) is -0.977.